The van der Waals surface area contributed by atoms with Crippen molar-refractivity contribution >= 4 is 34.3 Å². The lowest BCUT2D eigenvalue weighted by atomic mass is 9.85. The highest BCUT2D eigenvalue weighted by molar-refractivity contribution is 6.30. The van der Waals surface area contributed by atoms with E-state index in [0.29, 0.717) is 39.9 Å². The average molecular weight is 553 g/mol. The number of carbonyl (C=O) groups is 2. The Bertz CT molecular complexity index is 1620. The van der Waals surface area contributed by atoms with Crippen LogP contribution in [0.25, 0.3) is 11.0 Å². The number of pyridine rings is 1. The van der Waals surface area contributed by atoms with Crippen molar-refractivity contribution in [2.45, 2.75) is 51.7 Å². The number of benzene rings is 2. The molecule has 202 valence electrons. The molecule has 1 amide bonds. The van der Waals surface area contributed by atoms with Crippen molar-refractivity contribution in [1.29, 1.82) is 0 Å². The summed E-state index contributed by atoms with van der Waals surface area (Å²) < 4.78 is 30.5. The summed E-state index contributed by atoms with van der Waals surface area (Å²) in [5.74, 6) is -2.34. The van der Waals surface area contributed by atoms with Gasteiger partial charge in [0.2, 0.25) is 0 Å². The number of hydrogen-bond donors (Lipinski definition) is 1. The van der Waals surface area contributed by atoms with Crippen LogP contribution < -0.4 is 11.0 Å². The maximum Gasteiger partial charge on any atom is 0.329 e. The second kappa shape index (κ2) is 11.1. The quantitative estimate of drug-likeness (QED) is 0.315. The van der Waals surface area contributed by atoms with Crippen molar-refractivity contribution in [2.75, 3.05) is 0 Å². The largest absolute Gasteiger partial charge is 0.349 e. The molecule has 0 radical (unpaired) electrons. The van der Waals surface area contributed by atoms with E-state index in [1.54, 1.807) is 29.7 Å². The smallest absolute Gasteiger partial charge is 0.329 e. The molecular weight excluding hydrogens is 526 g/mol. The van der Waals surface area contributed by atoms with Gasteiger partial charge in [0.1, 0.15) is 11.6 Å². The van der Waals surface area contributed by atoms with E-state index in [-0.39, 0.29) is 35.7 Å². The molecule has 1 aliphatic rings. The predicted molar refractivity (Wildman–Crippen MR) is 144 cm³/mol. The van der Waals surface area contributed by atoms with Gasteiger partial charge in [-0.2, -0.15) is 0 Å². The van der Waals surface area contributed by atoms with Crippen molar-refractivity contribution in [3.8, 4) is 0 Å². The van der Waals surface area contributed by atoms with Crippen LogP contribution in [-0.4, -0.2) is 31.9 Å². The molecule has 0 atom stereocenters. The highest BCUT2D eigenvalue weighted by atomic mass is 35.5. The average Bonchev–Trinajstić information content (AvgIpc) is 3.17. The second-order valence-corrected chi connectivity index (χ2v) is 10.4. The molecule has 1 aliphatic carbocycles. The summed E-state index contributed by atoms with van der Waals surface area (Å²) in [6, 6.07) is 11.6. The molecule has 1 fully saturated rings. The molecule has 0 unspecified atom stereocenters. The molecule has 0 spiro atoms. The lowest BCUT2D eigenvalue weighted by molar-refractivity contribution is 0.0917. The van der Waals surface area contributed by atoms with Gasteiger partial charge in [0.05, 0.1) is 39.4 Å². The first-order chi connectivity index (χ1) is 18.7. The van der Waals surface area contributed by atoms with Gasteiger partial charge in [0.25, 0.3) is 5.91 Å². The van der Waals surface area contributed by atoms with E-state index in [1.807, 2.05) is 12.1 Å². The van der Waals surface area contributed by atoms with Crippen LogP contribution in [0, 0.1) is 24.5 Å². The first-order valence-electron chi connectivity index (χ1n) is 12.8. The minimum atomic E-state index is -0.956. The van der Waals surface area contributed by atoms with E-state index in [1.165, 1.54) is 10.8 Å². The highest BCUT2D eigenvalue weighted by Crippen LogP contribution is 2.27. The van der Waals surface area contributed by atoms with E-state index in [4.69, 9.17) is 11.6 Å². The van der Waals surface area contributed by atoms with E-state index in [2.05, 4.69) is 10.3 Å². The first-order valence-corrected chi connectivity index (χ1v) is 13.2. The molecule has 7 nitrogen and oxygen atoms in total. The fourth-order valence-corrected chi connectivity index (χ4v) is 5.45. The van der Waals surface area contributed by atoms with Crippen molar-refractivity contribution in [3.05, 3.63) is 98.7 Å². The Hall–Kier alpha value is -3.85. The Kier molecular flexibility index (Phi) is 7.61. The Labute approximate surface area is 228 Å². The number of nitrogens with one attached hydrogen (secondary N) is 1. The molecule has 1 N–H and O–H groups in total. The summed E-state index contributed by atoms with van der Waals surface area (Å²) >= 11 is 6.01. The Morgan fingerprint density at radius 3 is 2.38 bits per heavy atom. The van der Waals surface area contributed by atoms with Gasteiger partial charge in [-0.25, -0.2) is 13.6 Å². The third-order valence-corrected chi connectivity index (χ3v) is 7.59. The predicted octanol–water partition coefficient (Wildman–Crippen LogP) is 5.31. The van der Waals surface area contributed by atoms with E-state index >= 15 is 0 Å². The van der Waals surface area contributed by atoms with Crippen LogP contribution >= 0.6 is 11.6 Å². The minimum absolute atomic E-state index is 0.00780. The Morgan fingerprint density at radius 2 is 1.69 bits per heavy atom. The number of halogens is 3. The molecule has 2 heterocycles. The fourth-order valence-electron chi connectivity index (χ4n) is 5.29. The van der Waals surface area contributed by atoms with Gasteiger partial charge in [-0.1, -0.05) is 23.7 Å². The highest BCUT2D eigenvalue weighted by Gasteiger charge is 2.26. The monoisotopic (exact) mass is 552 g/mol. The van der Waals surface area contributed by atoms with Crippen LogP contribution in [0.1, 0.15) is 52.1 Å². The van der Waals surface area contributed by atoms with Crippen molar-refractivity contribution in [2.24, 2.45) is 5.92 Å². The number of para-hydroxylation sites is 2. The number of imidazole rings is 1. The lowest BCUT2D eigenvalue weighted by Crippen LogP contribution is -2.39. The number of carbonyl (C=O) groups excluding carboxylic acids is 2. The van der Waals surface area contributed by atoms with E-state index in [9.17, 15) is 23.2 Å². The first kappa shape index (κ1) is 26.7. The Balaban J connectivity index is 1.28. The third-order valence-electron chi connectivity index (χ3n) is 7.38. The van der Waals surface area contributed by atoms with E-state index < -0.39 is 17.4 Å². The van der Waals surface area contributed by atoms with Crippen molar-refractivity contribution in [3.63, 3.8) is 0 Å². The number of aromatic nitrogens is 3. The topological polar surface area (TPSA) is 86.0 Å². The zero-order chi connectivity index (χ0) is 27.7. The number of ketones is 1. The van der Waals surface area contributed by atoms with Gasteiger partial charge in [-0.05, 0) is 68.9 Å². The van der Waals surface area contributed by atoms with Crippen LogP contribution in [0.3, 0.4) is 0 Å². The van der Waals surface area contributed by atoms with Gasteiger partial charge in [-0.15, -0.1) is 0 Å². The zero-order valence-electron chi connectivity index (χ0n) is 21.3. The summed E-state index contributed by atoms with van der Waals surface area (Å²) in [5.41, 5.74) is 1.72. The summed E-state index contributed by atoms with van der Waals surface area (Å²) in [5, 5.41) is 3.48. The SMILES string of the molecule is Cc1ncc(Cl)cc1C(=O)NC1CCC(Cn2c(=O)n(CC(=O)c3ccc(F)cc3F)c3ccccc32)CC1. The third kappa shape index (κ3) is 5.63. The van der Waals surface area contributed by atoms with Crippen LogP contribution in [0.4, 0.5) is 8.78 Å². The molecule has 5 rings (SSSR count). The number of hydrogen-bond acceptors (Lipinski definition) is 4. The maximum atomic E-state index is 14.2. The molecule has 39 heavy (non-hydrogen) atoms. The summed E-state index contributed by atoms with van der Waals surface area (Å²) in [6.45, 7) is 1.87. The molecule has 0 bridgehead atoms. The number of fused-ring (bicyclic) bond motifs is 1. The van der Waals surface area contributed by atoms with Crippen LogP contribution in [-0.2, 0) is 13.1 Å². The fraction of sp³-hybridized carbons (Fsp3) is 0.310. The van der Waals surface area contributed by atoms with Gasteiger partial charge >= 0.3 is 5.69 Å². The van der Waals surface area contributed by atoms with Crippen LogP contribution in [0.2, 0.25) is 5.02 Å². The number of nitrogens with zero attached hydrogens (tertiary/aromatic N) is 3. The van der Waals surface area contributed by atoms with E-state index in [0.717, 1.165) is 37.8 Å². The number of rotatable bonds is 7. The second-order valence-electron chi connectivity index (χ2n) is 9.99. The number of amides is 1. The van der Waals surface area contributed by atoms with Gasteiger partial charge in [0.15, 0.2) is 5.78 Å². The molecule has 10 heteroatoms. The normalized spacial score (nSPS) is 17.3. The van der Waals surface area contributed by atoms with Crippen LogP contribution in [0.5, 0.6) is 0 Å². The maximum absolute atomic E-state index is 14.2. The molecule has 0 saturated heterocycles. The molecule has 2 aromatic heterocycles. The molecule has 2 aromatic carbocycles. The van der Waals surface area contributed by atoms with Crippen LogP contribution in [0.15, 0.2) is 59.5 Å². The zero-order valence-corrected chi connectivity index (χ0v) is 22.0. The molecule has 1 saturated carbocycles. The van der Waals surface area contributed by atoms with Crippen molar-refractivity contribution < 1.29 is 18.4 Å². The summed E-state index contributed by atoms with van der Waals surface area (Å²) in [7, 11) is 0. The van der Waals surface area contributed by atoms with Crippen molar-refractivity contribution in [1.82, 2.24) is 19.4 Å². The minimum Gasteiger partial charge on any atom is -0.349 e. The Morgan fingerprint density at radius 1 is 1.00 bits per heavy atom. The molecular formula is C29H27ClF2N4O3. The number of Topliss-reactive ketones (excluding diaryl/α,β-unsaturated/α-hetero) is 1. The standard InChI is InChI=1S/C29H27ClF2N4O3/c1-17-23(12-19(30)14-33-17)28(38)34-21-9-6-18(7-10-21)15-35-25-4-2-3-5-26(25)36(29(35)39)16-27(37)22-11-8-20(31)13-24(22)32/h2-5,8,11-14,18,21H,6-7,9-10,15-16H2,1H3,(H,34,38). The number of aryl methyl sites for hydroxylation is 1. The van der Waals surface area contributed by atoms with Gasteiger partial charge < -0.3 is 5.32 Å². The molecule has 4 aromatic rings. The summed E-state index contributed by atoms with van der Waals surface area (Å²) in [4.78, 5) is 43.2. The molecule has 0 aliphatic heterocycles. The van der Waals surface area contributed by atoms with Gasteiger partial charge in [0, 0.05) is 24.8 Å². The summed E-state index contributed by atoms with van der Waals surface area (Å²) in [6.07, 6.45) is 4.65. The lowest BCUT2D eigenvalue weighted by Gasteiger charge is -2.29. The van der Waals surface area contributed by atoms with Gasteiger partial charge in [-0.3, -0.25) is 23.7 Å².